The fourth-order valence-electron chi connectivity index (χ4n) is 1.13. The lowest BCUT2D eigenvalue weighted by atomic mass is 10.2. The van der Waals surface area contributed by atoms with Gasteiger partial charge in [-0.25, -0.2) is 4.39 Å². The quantitative estimate of drug-likeness (QED) is 0.630. The van der Waals surface area contributed by atoms with Crippen LogP contribution in [0.1, 0.15) is 20.3 Å². The fourth-order valence-corrected chi connectivity index (χ4v) is 1.13. The van der Waals surface area contributed by atoms with Crippen LogP contribution in [0.15, 0.2) is 24.4 Å². The lowest BCUT2D eigenvalue weighted by Gasteiger charge is -1.86. The fraction of sp³-hybridized carbons (Fsp3) is 0.364. The summed E-state index contributed by atoms with van der Waals surface area (Å²) < 4.78 is 14.6. The number of nitrogens with zero attached hydrogens (tertiary/aromatic N) is 2. The molecule has 0 saturated heterocycles. The summed E-state index contributed by atoms with van der Waals surface area (Å²) >= 11 is 0. The Morgan fingerprint density at radius 2 is 2.00 bits per heavy atom. The van der Waals surface area contributed by atoms with Crippen LogP contribution in [0, 0.1) is 5.82 Å². The molecule has 14 heavy (non-hydrogen) atoms. The molecule has 2 rings (SSSR count). The smallest absolute Gasteiger partial charge is 0.134 e. The molecule has 2 nitrogen and oxygen atoms in total. The van der Waals surface area contributed by atoms with Crippen molar-refractivity contribution >= 4 is 10.9 Å². The topological polar surface area (TPSA) is 17.8 Å². The van der Waals surface area contributed by atoms with E-state index in [2.05, 4.69) is 18.9 Å². The third kappa shape index (κ3) is 2.31. The van der Waals surface area contributed by atoms with Crippen molar-refractivity contribution in [2.75, 3.05) is 0 Å². The molecule has 0 atom stereocenters. The number of rotatable bonds is 0. The Balaban J connectivity index is 0.000000293. The van der Waals surface area contributed by atoms with Gasteiger partial charge in [0.25, 0.3) is 0 Å². The lowest BCUT2D eigenvalue weighted by Crippen LogP contribution is -1.84. The van der Waals surface area contributed by atoms with E-state index < -0.39 is 0 Å². The maximum atomic E-state index is 12.9. The van der Waals surface area contributed by atoms with Crippen LogP contribution in [-0.4, -0.2) is 9.78 Å². The van der Waals surface area contributed by atoms with E-state index in [0.29, 0.717) is 10.9 Å². The number of hydrogen-bond acceptors (Lipinski definition) is 1. The third-order valence-corrected chi connectivity index (χ3v) is 1.61. The molecule has 0 unspecified atom stereocenters. The van der Waals surface area contributed by atoms with Gasteiger partial charge in [0.15, 0.2) is 0 Å². The average Bonchev–Trinajstić information content (AvgIpc) is 2.48. The molecule has 0 radical (unpaired) electrons. The van der Waals surface area contributed by atoms with E-state index in [9.17, 15) is 4.39 Å². The highest BCUT2D eigenvalue weighted by Crippen LogP contribution is 2.14. The monoisotopic (exact) mass is 194 g/mol. The second kappa shape index (κ2) is 4.74. The highest BCUT2D eigenvalue weighted by molar-refractivity contribution is 5.78. The maximum absolute atomic E-state index is 12.9. The largest absolute Gasteiger partial charge is 0.274 e. The van der Waals surface area contributed by atoms with Gasteiger partial charge >= 0.3 is 0 Å². The number of fused-ring (bicyclic) bond motifs is 1. The molecule has 1 heterocycles. The van der Waals surface area contributed by atoms with Gasteiger partial charge in [0.1, 0.15) is 5.82 Å². The second-order valence-corrected chi connectivity index (χ2v) is 3.18. The minimum absolute atomic E-state index is 0.212. The Morgan fingerprint density at radius 1 is 1.36 bits per heavy atom. The van der Waals surface area contributed by atoms with E-state index in [0.717, 1.165) is 0 Å². The minimum atomic E-state index is -0.212. The van der Waals surface area contributed by atoms with Crippen LogP contribution in [0.25, 0.3) is 10.9 Å². The van der Waals surface area contributed by atoms with Crippen molar-refractivity contribution in [3.05, 3.63) is 30.2 Å². The molecule has 0 spiro atoms. The number of aromatic nitrogens is 2. The molecule has 3 heteroatoms. The number of hydrogen-bond donors (Lipinski definition) is 0. The van der Waals surface area contributed by atoms with Crippen LogP contribution < -0.4 is 0 Å². The second-order valence-electron chi connectivity index (χ2n) is 3.18. The van der Waals surface area contributed by atoms with Crippen LogP contribution in [0.5, 0.6) is 0 Å². The molecule has 0 aliphatic rings. The summed E-state index contributed by atoms with van der Waals surface area (Å²) in [7, 11) is 1.78. The molecule has 0 N–H and O–H groups in total. The summed E-state index contributed by atoms with van der Waals surface area (Å²) in [4.78, 5) is 0. The predicted molar refractivity (Wildman–Crippen MR) is 56.6 cm³/mol. The Hall–Kier alpha value is -1.38. The van der Waals surface area contributed by atoms with Crippen molar-refractivity contribution in [3.8, 4) is 0 Å². The van der Waals surface area contributed by atoms with Gasteiger partial charge in [-0.15, -0.1) is 0 Å². The molecular formula is C11H15FN2. The van der Waals surface area contributed by atoms with Gasteiger partial charge in [-0.1, -0.05) is 26.3 Å². The van der Waals surface area contributed by atoms with Crippen molar-refractivity contribution in [2.24, 2.45) is 7.05 Å². The van der Waals surface area contributed by atoms with Crippen LogP contribution >= 0.6 is 0 Å². The van der Waals surface area contributed by atoms with Crippen LogP contribution in [0.2, 0.25) is 0 Å². The van der Waals surface area contributed by atoms with Gasteiger partial charge in [0.05, 0.1) is 10.9 Å². The zero-order valence-corrected chi connectivity index (χ0v) is 8.79. The highest BCUT2D eigenvalue weighted by atomic mass is 19.1. The summed E-state index contributed by atoms with van der Waals surface area (Å²) in [6.07, 6.45) is 2.92. The first kappa shape index (κ1) is 10.7. The van der Waals surface area contributed by atoms with Crippen molar-refractivity contribution in [1.29, 1.82) is 0 Å². The highest BCUT2D eigenvalue weighted by Gasteiger charge is 2.01. The van der Waals surface area contributed by atoms with Crippen molar-refractivity contribution < 1.29 is 4.39 Å². The third-order valence-electron chi connectivity index (χ3n) is 1.61. The molecule has 76 valence electrons. The van der Waals surface area contributed by atoms with Gasteiger partial charge in [-0.2, -0.15) is 5.10 Å². The van der Waals surface area contributed by atoms with E-state index in [1.54, 1.807) is 30.1 Å². The molecule has 2 aromatic rings. The summed E-state index contributed by atoms with van der Waals surface area (Å²) in [6, 6.07) is 4.88. The summed E-state index contributed by atoms with van der Waals surface area (Å²) in [5.41, 5.74) is 0.701. The van der Waals surface area contributed by atoms with E-state index in [1.165, 1.54) is 12.5 Å². The summed E-state index contributed by atoms with van der Waals surface area (Å²) in [6.45, 7) is 4.25. The van der Waals surface area contributed by atoms with Crippen LogP contribution in [0.3, 0.4) is 0 Å². The molecular weight excluding hydrogens is 179 g/mol. The molecule has 0 aliphatic heterocycles. The number of benzene rings is 1. The van der Waals surface area contributed by atoms with Crippen molar-refractivity contribution in [1.82, 2.24) is 9.78 Å². The SMILES string of the molecule is CCC.Cn1cc2c(F)cccc2n1. The molecule has 0 bridgehead atoms. The van der Waals surface area contributed by atoms with Gasteiger partial charge in [0, 0.05) is 13.2 Å². The van der Waals surface area contributed by atoms with Crippen molar-refractivity contribution in [3.63, 3.8) is 0 Å². The van der Waals surface area contributed by atoms with E-state index in [4.69, 9.17) is 0 Å². The number of aryl methyl sites for hydroxylation is 1. The molecule has 1 aromatic carbocycles. The number of halogens is 1. The van der Waals surface area contributed by atoms with Crippen molar-refractivity contribution in [2.45, 2.75) is 20.3 Å². The molecule has 0 amide bonds. The van der Waals surface area contributed by atoms with E-state index >= 15 is 0 Å². The first-order valence-electron chi connectivity index (χ1n) is 4.76. The molecule has 0 saturated carbocycles. The molecule has 1 aromatic heterocycles. The first-order chi connectivity index (χ1) is 6.69. The Labute approximate surface area is 83.4 Å². The predicted octanol–water partition coefficient (Wildman–Crippen LogP) is 3.13. The van der Waals surface area contributed by atoms with E-state index in [-0.39, 0.29) is 5.82 Å². The first-order valence-corrected chi connectivity index (χ1v) is 4.76. The summed E-state index contributed by atoms with van der Waals surface area (Å²) in [5.74, 6) is -0.212. The minimum Gasteiger partial charge on any atom is -0.274 e. The zero-order chi connectivity index (χ0) is 10.6. The van der Waals surface area contributed by atoms with E-state index in [1.807, 2.05) is 0 Å². The lowest BCUT2D eigenvalue weighted by molar-refractivity contribution is 0.639. The Bertz CT molecular complexity index is 407. The summed E-state index contributed by atoms with van der Waals surface area (Å²) in [5, 5.41) is 4.63. The zero-order valence-electron chi connectivity index (χ0n) is 8.79. The molecule has 0 aliphatic carbocycles. The van der Waals surface area contributed by atoms with Gasteiger partial charge in [-0.05, 0) is 12.1 Å². The Morgan fingerprint density at radius 3 is 2.57 bits per heavy atom. The van der Waals surface area contributed by atoms with Gasteiger partial charge < -0.3 is 0 Å². The van der Waals surface area contributed by atoms with Crippen LogP contribution in [-0.2, 0) is 7.05 Å². The maximum Gasteiger partial charge on any atom is 0.134 e. The van der Waals surface area contributed by atoms with Gasteiger partial charge in [-0.3, -0.25) is 4.68 Å². The molecule has 0 fully saturated rings. The standard InChI is InChI=1S/C8H7FN2.C3H8/c1-11-5-6-7(9)3-2-4-8(6)10-11;1-3-2/h2-5H,1H3;3H2,1-2H3. The average molecular weight is 194 g/mol. The Kier molecular flexibility index (Phi) is 3.63. The normalized spacial score (nSPS) is 9.71. The van der Waals surface area contributed by atoms with Gasteiger partial charge in [0.2, 0.25) is 0 Å². The van der Waals surface area contributed by atoms with Crippen LogP contribution in [0.4, 0.5) is 4.39 Å².